The Kier molecular flexibility index (Phi) is 5.65. The van der Waals surface area contributed by atoms with E-state index in [1.165, 1.54) is 0 Å². The second-order valence-electron chi connectivity index (χ2n) is 6.24. The zero-order valence-electron chi connectivity index (χ0n) is 13.5. The van der Waals surface area contributed by atoms with Gasteiger partial charge in [-0.25, -0.2) is 8.37 Å². The summed E-state index contributed by atoms with van der Waals surface area (Å²) in [5.74, 6) is -8.82. The zero-order valence-corrected chi connectivity index (χ0v) is 14.3. The topological polar surface area (TPSA) is 225 Å². The molecule has 10 atom stereocenters. The summed E-state index contributed by atoms with van der Waals surface area (Å²) in [6.45, 7) is -2.92. The minimum absolute atomic E-state index is 0.800. The second-order valence-corrected chi connectivity index (χ2v) is 6.99. The maximum atomic E-state index is 11.7. The van der Waals surface area contributed by atoms with Gasteiger partial charge < -0.3 is 50.3 Å². The minimum atomic E-state index is -3.16. The van der Waals surface area contributed by atoms with Crippen LogP contribution in [0.25, 0.3) is 0 Å². The number of aliphatic hydroxyl groups is 8. The number of fused-ring (bicyclic) bond motifs is 1. The Balaban J connectivity index is 2.02. The zero-order chi connectivity index (χ0) is 20.2. The molecular weight excluding hydrogens is 400 g/mol. The molecule has 0 aromatic heterocycles. The molecule has 0 bridgehead atoms. The lowest BCUT2D eigenvalue weighted by Gasteiger charge is -2.49. The fourth-order valence-electron chi connectivity index (χ4n) is 3.10. The first-order valence-corrected chi connectivity index (χ1v) is 8.73. The van der Waals surface area contributed by atoms with E-state index < -0.39 is 85.4 Å². The molecule has 0 aromatic carbocycles. The molecule has 0 aromatic rings. The molecule has 14 nitrogen and oxygen atoms in total. The Bertz CT molecular complexity index is 592. The van der Waals surface area contributed by atoms with Gasteiger partial charge in [-0.1, -0.05) is 0 Å². The summed E-state index contributed by atoms with van der Waals surface area (Å²) in [5, 5.41) is 79.0. The molecule has 15 heteroatoms. The van der Waals surface area contributed by atoms with Crippen molar-refractivity contribution < 1.29 is 67.6 Å². The standard InChI is InChI=1S/C12H20O14S/c13-1-4-6(16)8(18)10(3-15,22-4)24-12-11(20,25-27(21)26-12)9(19)7(17)5(2-14)23-12/h4-9,13-20H,1-3H2/t4-,5-,6-,7-,8+,9+,10?,11+,12-,27?/m1/s1. The van der Waals surface area contributed by atoms with E-state index in [0.717, 1.165) is 0 Å². The van der Waals surface area contributed by atoms with Crippen LogP contribution in [-0.2, 0) is 33.9 Å². The SMILES string of the molecule is O=S1O[C@@]2(OC3(CO)O[C@H](CO)[C@@H](O)[C@@H]3O)O[C@H](CO)[C@@H](O)[C@H](O)[C@]2(O)O1. The third kappa shape index (κ3) is 2.95. The smallest absolute Gasteiger partial charge is 0.361 e. The summed E-state index contributed by atoms with van der Waals surface area (Å²) in [7, 11) is 0. The molecule has 0 radical (unpaired) electrons. The maximum absolute atomic E-state index is 11.7. The Labute approximate surface area is 153 Å². The largest absolute Gasteiger partial charge is 0.394 e. The van der Waals surface area contributed by atoms with Crippen LogP contribution < -0.4 is 0 Å². The Morgan fingerprint density at radius 3 is 1.96 bits per heavy atom. The van der Waals surface area contributed by atoms with Gasteiger partial charge in [-0.15, -0.1) is 0 Å². The first-order valence-electron chi connectivity index (χ1n) is 7.73. The van der Waals surface area contributed by atoms with Crippen molar-refractivity contribution in [2.45, 2.75) is 54.2 Å². The van der Waals surface area contributed by atoms with Crippen molar-refractivity contribution in [1.29, 1.82) is 0 Å². The van der Waals surface area contributed by atoms with Gasteiger partial charge in [0.1, 0.15) is 43.2 Å². The molecule has 8 N–H and O–H groups in total. The lowest BCUT2D eigenvalue weighted by Crippen LogP contribution is -2.75. The van der Waals surface area contributed by atoms with E-state index in [2.05, 4.69) is 4.18 Å². The third-order valence-electron chi connectivity index (χ3n) is 4.62. The number of rotatable bonds is 5. The highest BCUT2D eigenvalue weighted by Gasteiger charge is 2.77. The molecule has 3 aliphatic heterocycles. The van der Waals surface area contributed by atoms with Crippen molar-refractivity contribution >= 4 is 11.4 Å². The van der Waals surface area contributed by atoms with Gasteiger partial charge >= 0.3 is 17.3 Å². The quantitative estimate of drug-likeness (QED) is 0.207. The van der Waals surface area contributed by atoms with E-state index in [1.807, 2.05) is 0 Å². The van der Waals surface area contributed by atoms with Gasteiger partial charge in [-0.2, -0.15) is 4.21 Å². The van der Waals surface area contributed by atoms with E-state index >= 15 is 0 Å². The Morgan fingerprint density at radius 2 is 1.44 bits per heavy atom. The minimum Gasteiger partial charge on any atom is -0.394 e. The molecule has 27 heavy (non-hydrogen) atoms. The maximum Gasteiger partial charge on any atom is 0.361 e. The van der Waals surface area contributed by atoms with Crippen LogP contribution in [0, 0.1) is 0 Å². The van der Waals surface area contributed by atoms with E-state index in [4.69, 9.17) is 18.4 Å². The molecule has 3 fully saturated rings. The summed E-state index contributed by atoms with van der Waals surface area (Å²) in [6, 6.07) is 0. The van der Waals surface area contributed by atoms with Crippen molar-refractivity contribution in [3.05, 3.63) is 0 Å². The number of aliphatic hydroxyl groups excluding tert-OH is 7. The van der Waals surface area contributed by atoms with Gasteiger partial charge in [-0.3, -0.25) is 4.74 Å². The molecule has 0 amide bonds. The van der Waals surface area contributed by atoms with Crippen LogP contribution in [0.4, 0.5) is 0 Å². The van der Waals surface area contributed by atoms with E-state index in [-0.39, 0.29) is 0 Å². The highest BCUT2D eigenvalue weighted by Crippen LogP contribution is 2.50. The van der Waals surface area contributed by atoms with Gasteiger partial charge in [0.25, 0.3) is 5.79 Å². The van der Waals surface area contributed by atoms with Gasteiger partial charge in [0.15, 0.2) is 0 Å². The van der Waals surface area contributed by atoms with Crippen LogP contribution in [0.5, 0.6) is 0 Å². The summed E-state index contributed by atoms with van der Waals surface area (Å²) < 4.78 is 36.6. The first kappa shape index (κ1) is 21.3. The molecule has 2 unspecified atom stereocenters. The van der Waals surface area contributed by atoms with E-state index in [1.54, 1.807) is 0 Å². The van der Waals surface area contributed by atoms with Crippen LogP contribution in [0.3, 0.4) is 0 Å². The van der Waals surface area contributed by atoms with E-state index in [9.17, 15) is 45.1 Å². The molecule has 3 saturated heterocycles. The lowest BCUT2D eigenvalue weighted by molar-refractivity contribution is -0.525. The van der Waals surface area contributed by atoms with Crippen molar-refractivity contribution in [1.82, 2.24) is 0 Å². The fraction of sp³-hybridized carbons (Fsp3) is 1.00. The van der Waals surface area contributed by atoms with Crippen LogP contribution >= 0.6 is 0 Å². The first-order chi connectivity index (χ1) is 12.6. The van der Waals surface area contributed by atoms with Crippen molar-refractivity contribution in [3.8, 4) is 0 Å². The van der Waals surface area contributed by atoms with Gasteiger partial charge in [-0.05, 0) is 0 Å². The average molecular weight is 420 g/mol. The predicted octanol–water partition coefficient (Wildman–Crippen LogP) is -6.11. The number of ether oxygens (including phenoxy) is 3. The predicted molar refractivity (Wildman–Crippen MR) is 76.8 cm³/mol. The summed E-state index contributed by atoms with van der Waals surface area (Å²) in [4.78, 5) is 0. The van der Waals surface area contributed by atoms with Crippen LogP contribution in [-0.4, -0.2) is 119 Å². The molecule has 0 saturated carbocycles. The molecule has 3 aliphatic rings. The summed E-state index contributed by atoms with van der Waals surface area (Å²) >= 11 is -2.81. The highest BCUT2D eigenvalue weighted by atomic mass is 32.2. The van der Waals surface area contributed by atoms with Crippen LogP contribution in [0.15, 0.2) is 0 Å². The van der Waals surface area contributed by atoms with Gasteiger partial charge in [0, 0.05) is 0 Å². The van der Waals surface area contributed by atoms with E-state index in [0.29, 0.717) is 0 Å². The van der Waals surface area contributed by atoms with Crippen LogP contribution in [0.2, 0.25) is 0 Å². The molecule has 3 heterocycles. The molecule has 0 aliphatic carbocycles. The summed E-state index contributed by atoms with van der Waals surface area (Å²) in [5.41, 5.74) is 0. The number of hydrogen-bond donors (Lipinski definition) is 8. The second kappa shape index (κ2) is 7.15. The highest BCUT2D eigenvalue weighted by molar-refractivity contribution is 7.75. The van der Waals surface area contributed by atoms with Crippen LogP contribution in [0.1, 0.15) is 0 Å². The van der Waals surface area contributed by atoms with Crippen molar-refractivity contribution in [3.63, 3.8) is 0 Å². The molecule has 0 spiro atoms. The van der Waals surface area contributed by atoms with Gasteiger partial charge in [0.2, 0.25) is 5.79 Å². The third-order valence-corrected chi connectivity index (χ3v) is 5.36. The lowest BCUT2D eigenvalue weighted by atomic mass is 9.94. The van der Waals surface area contributed by atoms with Gasteiger partial charge in [0.05, 0.1) is 13.2 Å². The molecule has 3 rings (SSSR count). The molecule has 158 valence electrons. The Morgan fingerprint density at radius 1 is 0.889 bits per heavy atom. The number of hydrogen-bond acceptors (Lipinski definition) is 14. The normalized spacial score (nSPS) is 55.6. The average Bonchev–Trinajstić information content (AvgIpc) is 3.04. The fourth-order valence-corrected chi connectivity index (χ4v) is 3.91. The Hall–Kier alpha value is -0.370. The molecular formula is C12H20O14S. The van der Waals surface area contributed by atoms with Crippen molar-refractivity contribution in [2.75, 3.05) is 19.8 Å². The van der Waals surface area contributed by atoms with Crippen molar-refractivity contribution in [2.24, 2.45) is 0 Å². The summed E-state index contributed by atoms with van der Waals surface area (Å²) in [6.07, 6.45) is -11.1. The monoisotopic (exact) mass is 420 g/mol.